The Morgan fingerprint density at radius 2 is 1.75 bits per heavy atom. The monoisotopic (exact) mass is 446 g/mol. The second-order valence-corrected chi connectivity index (χ2v) is 8.87. The molecule has 4 aromatic rings. The Morgan fingerprint density at radius 1 is 1.06 bits per heavy atom. The van der Waals surface area contributed by atoms with E-state index in [1.807, 2.05) is 6.07 Å². The van der Waals surface area contributed by atoms with Gasteiger partial charge in [0.15, 0.2) is 5.65 Å². The number of benzene rings is 2. The lowest BCUT2D eigenvalue weighted by atomic mass is 10.1. The average Bonchev–Trinajstić information content (AvgIpc) is 3.21. The van der Waals surface area contributed by atoms with Crippen LogP contribution in [0.5, 0.6) is 0 Å². The molecule has 9 nitrogen and oxygen atoms in total. The molecule has 0 aliphatic rings. The summed E-state index contributed by atoms with van der Waals surface area (Å²) in [5.74, 6) is -0.316. The molecule has 2 aromatic heterocycles. The van der Waals surface area contributed by atoms with Crippen molar-refractivity contribution in [2.75, 3.05) is 22.9 Å². The van der Waals surface area contributed by atoms with Gasteiger partial charge in [-0.15, -0.1) is 0 Å². The van der Waals surface area contributed by atoms with Crippen molar-refractivity contribution < 1.29 is 13.2 Å². The van der Waals surface area contributed by atoms with Gasteiger partial charge in [0.1, 0.15) is 5.69 Å². The van der Waals surface area contributed by atoms with Crippen LogP contribution in [-0.4, -0.2) is 42.0 Å². The van der Waals surface area contributed by atoms with Crippen LogP contribution < -0.4 is 9.62 Å². The van der Waals surface area contributed by atoms with Crippen molar-refractivity contribution in [3.8, 4) is 17.3 Å². The molecular formula is C22H18N6O3S. The molecule has 160 valence electrons. The summed E-state index contributed by atoms with van der Waals surface area (Å²) < 4.78 is 27.0. The van der Waals surface area contributed by atoms with Crippen LogP contribution >= 0.6 is 0 Å². The maximum Gasteiger partial charge on any atom is 0.278 e. The Kier molecular flexibility index (Phi) is 5.34. The van der Waals surface area contributed by atoms with Crippen molar-refractivity contribution in [2.45, 2.75) is 0 Å². The second-order valence-electron chi connectivity index (χ2n) is 7.12. The van der Waals surface area contributed by atoms with E-state index in [1.54, 1.807) is 72.4 Å². The summed E-state index contributed by atoms with van der Waals surface area (Å²) >= 11 is 0. The molecule has 2 aromatic carbocycles. The molecule has 10 heteroatoms. The molecule has 0 unspecified atom stereocenters. The standard InChI is InChI=1S/C22H18N6O3S/c1-27(18-9-3-15(11-23)4-10-18)22(29)19-14-28-20(12-25-21(28)13-24-19)16-5-7-17(8-6-16)26-32(2,30)31/h3-10,12-14,26H,1-2H3. The number of hydrogen-bond acceptors (Lipinski definition) is 6. The SMILES string of the molecule is CN(C(=O)c1cn2c(-c3ccc(NS(C)(=O)=O)cc3)cnc2cn1)c1ccc(C#N)cc1. The zero-order chi connectivity index (χ0) is 22.9. The van der Waals surface area contributed by atoms with E-state index in [2.05, 4.69) is 14.7 Å². The van der Waals surface area contributed by atoms with Crippen LogP contribution in [0.15, 0.2) is 67.1 Å². The highest BCUT2D eigenvalue weighted by molar-refractivity contribution is 7.92. The molecular weight excluding hydrogens is 428 g/mol. The third-order valence-corrected chi connectivity index (χ3v) is 5.39. The normalized spacial score (nSPS) is 11.2. The van der Waals surface area contributed by atoms with Gasteiger partial charge in [-0.3, -0.25) is 13.9 Å². The summed E-state index contributed by atoms with van der Waals surface area (Å²) in [5, 5.41) is 8.94. The zero-order valence-corrected chi connectivity index (χ0v) is 18.0. The number of rotatable bonds is 5. The topological polar surface area (TPSA) is 120 Å². The highest BCUT2D eigenvalue weighted by Gasteiger charge is 2.17. The van der Waals surface area contributed by atoms with E-state index in [0.717, 1.165) is 17.5 Å². The molecule has 0 spiro atoms. The highest BCUT2D eigenvalue weighted by atomic mass is 32.2. The fourth-order valence-electron chi connectivity index (χ4n) is 3.19. The number of nitrogens with one attached hydrogen (secondary N) is 1. The minimum Gasteiger partial charge on any atom is -0.310 e. The maximum atomic E-state index is 13.0. The summed E-state index contributed by atoms with van der Waals surface area (Å²) in [6.07, 6.45) is 5.88. The van der Waals surface area contributed by atoms with Gasteiger partial charge in [0, 0.05) is 30.2 Å². The molecule has 4 rings (SSSR count). The van der Waals surface area contributed by atoms with E-state index in [9.17, 15) is 13.2 Å². The van der Waals surface area contributed by atoms with Crippen molar-refractivity contribution in [3.63, 3.8) is 0 Å². The summed E-state index contributed by atoms with van der Waals surface area (Å²) in [6.45, 7) is 0. The van der Waals surface area contributed by atoms with Gasteiger partial charge in [0.05, 0.1) is 36.0 Å². The van der Waals surface area contributed by atoms with Crippen molar-refractivity contribution in [1.82, 2.24) is 14.4 Å². The summed E-state index contributed by atoms with van der Waals surface area (Å²) in [4.78, 5) is 23.0. The van der Waals surface area contributed by atoms with Gasteiger partial charge in [-0.05, 0) is 36.4 Å². The number of amides is 1. The Hall–Kier alpha value is -4.23. The minimum atomic E-state index is -3.36. The van der Waals surface area contributed by atoms with Gasteiger partial charge < -0.3 is 4.90 Å². The maximum absolute atomic E-state index is 13.0. The van der Waals surface area contributed by atoms with E-state index in [-0.39, 0.29) is 11.6 Å². The van der Waals surface area contributed by atoms with E-state index in [4.69, 9.17) is 5.26 Å². The molecule has 0 aliphatic carbocycles. The van der Waals surface area contributed by atoms with E-state index in [1.165, 1.54) is 11.1 Å². The second kappa shape index (κ2) is 8.13. The van der Waals surface area contributed by atoms with Crippen LogP contribution in [0, 0.1) is 11.3 Å². The molecule has 1 amide bonds. The number of nitriles is 1. The molecule has 2 heterocycles. The van der Waals surface area contributed by atoms with Crippen LogP contribution in [0.4, 0.5) is 11.4 Å². The minimum absolute atomic E-state index is 0.221. The van der Waals surface area contributed by atoms with Crippen LogP contribution in [0.25, 0.3) is 16.9 Å². The van der Waals surface area contributed by atoms with Crippen molar-refractivity contribution in [1.29, 1.82) is 5.26 Å². The molecule has 0 atom stereocenters. The Balaban J connectivity index is 1.65. The number of fused-ring (bicyclic) bond motifs is 1. The molecule has 0 bridgehead atoms. The number of hydrogen-bond donors (Lipinski definition) is 1. The first-order valence-electron chi connectivity index (χ1n) is 9.45. The molecule has 0 fully saturated rings. The quantitative estimate of drug-likeness (QED) is 0.503. The van der Waals surface area contributed by atoms with E-state index < -0.39 is 10.0 Å². The fourth-order valence-corrected chi connectivity index (χ4v) is 3.75. The van der Waals surface area contributed by atoms with Gasteiger partial charge in [-0.2, -0.15) is 5.26 Å². The number of anilines is 2. The smallest absolute Gasteiger partial charge is 0.278 e. The van der Waals surface area contributed by atoms with Crippen molar-refractivity contribution in [2.24, 2.45) is 0 Å². The molecule has 0 saturated heterocycles. The fraction of sp³-hybridized carbons (Fsp3) is 0.0909. The lowest BCUT2D eigenvalue weighted by Crippen LogP contribution is -2.27. The molecule has 0 radical (unpaired) electrons. The van der Waals surface area contributed by atoms with Crippen LogP contribution in [0.2, 0.25) is 0 Å². The van der Waals surface area contributed by atoms with Crippen LogP contribution in [0.3, 0.4) is 0 Å². The number of carbonyl (C=O) groups excluding carboxylic acids is 1. The molecule has 32 heavy (non-hydrogen) atoms. The summed E-state index contributed by atoms with van der Waals surface area (Å²) in [6, 6.07) is 15.6. The van der Waals surface area contributed by atoms with Crippen molar-refractivity contribution >= 4 is 33.0 Å². The number of imidazole rings is 1. The largest absolute Gasteiger partial charge is 0.310 e. The van der Waals surface area contributed by atoms with Gasteiger partial charge in [0.25, 0.3) is 5.91 Å². The Morgan fingerprint density at radius 3 is 2.38 bits per heavy atom. The van der Waals surface area contributed by atoms with Gasteiger partial charge >= 0.3 is 0 Å². The summed E-state index contributed by atoms with van der Waals surface area (Å²) in [7, 11) is -1.73. The first kappa shape index (κ1) is 21.0. The zero-order valence-electron chi connectivity index (χ0n) is 17.2. The lowest BCUT2D eigenvalue weighted by molar-refractivity contribution is 0.0988. The third kappa shape index (κ3) is 4.28. The predicted molar refractivity (Wildman–Crippen MR) is 121 cm³/mol. The highest BCUT2D eigenvalue weighted by Crippen LogP contribution is 2.24. The van der Waals surface area contributed by atoms with Gasteiger partial charge in [-0.25, -0.2) is 18.4 Å². The third-order valence-electron chi connectivity index (χ3n) is 4.79. The number of aromatic nitrogens is 3. The van der Waals surface area contributed by atoms with Gasteiger partial charge in [0.2, 0.25) is 10.0 Å². The van der Waals surface area contributed by atoms with Crippen LogP contribution in [0.1, 0.15) is 16.1 Å². The number of sulfonamides is 1. The van der Waals surface area contributed by atoms with E-state index >= 15 is 0 Å². The predicted octanol–water partition coefficient (Wildman–Crippen LogP) is 2.92. The van der Waals surface area contributed by atoms with Crippen LogP contribution in [-0.2, 0) is 10.0 Å². The molecule has 0 saturated carbocycles. The first-order chi connectivity index (χ1) is 15.2. The average molecular weight is 446 g/mol. The van der Waals surface area contributed by atoms with E-state index in [0.29, 0.717) is 22.6 Å². The number of carbonyl (C=O) groups is 1. The molecule has 1 N–H and O–H groups in total. The first-order valence-corrected chi connectivity index (χ1v) is 11.3. The number of nitrogens with zero attached hydrogens (tertiary/aromatic N) is 5. The molecule has 0 aliphatic heterocycles. The van der Waals surface area contributed by atoms with Crippen molar-refractivity contribution in [3.05, 3.63) is 78.4 Å². The summed E-state index contributed by atoms with van der Waals surface area (Å²) in [5.41, 5.74) is 3.90. The Bertz CT molecular complexity index is 1450. The Labute approximate surface area is 184 Å². The lowest BCUT2D eigenvalue weighted by Gasteiger charge is -2.17. The van der Waals surface area contributed by atoms with Gasteiger partial charge in [-0.1, -0.05) is 12.1 Å².